The van der Waals surface area contributed by atoms with Crippen molar-refractivity contribution in [2.45, 2.75) is 18.7 Å². The molecule has 116 valence electrons. The van der Waals surface area contributed by atoms with Crippen molar-refractivity contribution in [1.82, 2.24) is 0 Å². The number of hydrogen-bond acceptors (Lipinski definition) is 4. The highest BCUT2D eigenvalue weighted by molar-refractivity contribution is 7.92. The van der Waals surface area contributed by atoms with Gasteiger partial charge in [-0.2, -0.15) is 0 Å². The Morgan fingerprint density at radius 3 is 2.27 bits per heavy atom. The molecule has 0 unspecified atom stereocenters. The Bertz CT molecular complexity index is 780. The van der Waals surface area contributed by atoms with Crippen LogP contribution in [0.5, 0.6) is 5.75 Å². The van der Waals surface area contributed by atoms with Crippen molar-refractivity contribution in [3.05, 3.63) is 54.1 Å². The van der Waals surface area contributed by atoms with Gasteiger partial charge in [0.05, 0.1) is 10.6 Å². The summed E-state index contributed by atoms with van der Waals surface area (Å²) in [6.45, 7) is 3.58. The van der Waals surface area contributed by atoms with Crippen LogP contribution in [0.15, 0.2) is 53.4 Å². The number of aromatic hydroxyl groups is 1. The van der Waals surface area contributed by atoms with Crippen molar-refractivity contribution in [3.8, 4) is 5.75 Å². The van der Waals surface area contributed by atoms with Gasteiger partial charge in [0.25, 0.3) is 10.0 Å². The molecule has 0 saturated heterocycles. The lowest BCUT2D eigenvalue weighted by molar-refractivity contribution is 0.0939. The highest BCUT2D eigenvalue weighted by atomic mass is 32.2. The van der Waals surface area contributed by atoms with Gasteiger partial charge in [0.2, 0.25) is 0 Å². The van der Waals surface area contributed by atoms with E-state index in [4.69, 9.17) is 0 Å². The summed E-state index contributed by atoms with van der Waals surface area (Å²) in [5, 5.41) is 9.36. The van der Waals surface area contributed by atoms with Crippen molar-refractivity contribution in [2.75, 3.05) is 4.72 Å². The SMILES string of the molecule is CC(C)C(=O)c1ccc(S(=O)(=O)Nc2cccc(O)c2)cc1. The molecule has 5 nitrogen and oxygen atoms in total. The van der Waals surface area contributed by atoms with E-state index in [1.54, 1.807) is 13.8 Å². The molecule has 2 N–H and O–H groups in total. The Morgan fingerprint density at radius 1 is 1.09 bits per heavy atom. The van der Waals surface area contributed by atoms with E-state index < -0.39 is 10.0 Å². The minimum Gasteiger partial charge on any atom is -0.508 e. The fraction of sp³-hybridized carbons (Fsp3) is 0.188. The lowest BCUT2D eigenvalue weighted by atomic mass is 10.0. The van der Waals surface area contributed by atoms with Crippen LogP contribution in [0.25, 0.3) is 0 Å². The van der Waals surface area contributed by atoms with Crippen molar-refractivity contribution < 1.29 is 18.3 Å². The summed E-state index contributed by atoms with van der Waals surface area (Å²) in [7, 11) is -3.77. The van der Waals surface area contributed by atoms with Crippen LogP contribution in [0, 0.1) is 5.92 Å². The molecule has 6 heteroatoms. The van der Waals surface area contributed by atoms with Crippen LogP contribution in [0.2, 0.25) is 0 Å². The first-order valence-corrected chi connectivity index (χ1v) is 8.24. The minimum atomic E-state index is -3.77. The van der Waals surface area contributed by atoms with Gasteiger partial charge >= 0.3 is 0 Å². The van der Waals surface area contributed by atoms with E-state index in [9.17, 15) is 18.3 Å². The van der Waals surface area contributed by atoms with E-state index >= 15 is 0 Å². The third-order valence-corrected chi connectivity index (χ3v) is 4.47. The zero-order valence-corrected chi connectivity index (χ0v) is 13.1. The quantitative estimate of drug-likeness (QED) is 0.830. The van der Waals surface area contributed by atoms with Crippen LogP contribution in [0.1, 0.15) is 24.2 Å². The molecule has 2 aromatic rings. The summed E-state index contributed by atoms with van der Waals surface area (Å²) in [5.74, 6) is -0.212. The van der Waals surface area contributed by atoms with Crippen molar-refractivity contribution in [3.63, 3.8) is 0 Å². The van der Waals surface area contributed by atoms with E-state index in [2.05, 4.69) is 4.72 Å². The Balaban J connectivity index is 2.25. The van der Waals surface area contributed by atoms with Gasteiger partial charge in [0.1, 0.15) is 5.75 Å². The van der Waals surface area contributed by atoms with Gasteiger partial charge in [0, 0.05) is 17.5 Å². The lowest BCUT2D eigenvalue weighted by Gasteiger charge is -2.09. The number of phenolic OH excluding ortho intramolecular Hbond substituents is 1. The number of hydrogen-bond donors (Lipinski definition) is 2. The molecular weight excluding hydrogens is 302 g/mol. The molecule has 0 radical (unpaired) electrons. The summed E-state index contributed by atoms with van der Waals surface area (Å²) >= 11 is 0. The van der Waals surface area contributed by atoms with Gasteiger partial charge in [0.15, 0.2) is 5.78 Å². The van der Waals surface area contributed by atoms with Crippen molar-refractivity contribution in [2.24, 2.45) is 5.92 Å². The number of nitrogens with one attached hydrogen (secondary N) is 1. The fourth-order valence-corrected chi connectivity index (χ4v) is 2.96. The Hall–Kier alpha value is -2.34. The molecule has 0 amide bonds. The molecule has 0 atom stereocenters. The summed E-state index contributed by atoms with van der Waals surface area (Å²) in [6.07, 6.45) is 0. The highest BCUT2D eigenvalue weighted by Crippen LogP contribution is 2.20. The molecule has 0 aromatic heterocycles. The van der Waals surface area contributed by atoms with Crippen LogP contribution in [-0.4, -0.2) is 19.3 Å². The first-order chi connectivity index (χ1) is 10.3. The zero-order valence-electron chi connectivity index (χ0n) is 12.3. The molecular formula is C16H17NO4S. The molecule has 2 aromatic carbocycles. The van der Waals surface area contributed by atoms with Crippen LogP contribution in [0.4, 0.5) is 5.69 Å². The molecule has 0 heterocycles. The van der Waals surface area contributed by atoms with Crippen LogP contribution in [0.3, 0.4) is 0 Å². The number of anilines is 1. The standard InChI is InChI=1S/C16H17NO4S/c1-11(2)16(19)12-6-8-15(9-7-12)22(20,21)17-13-4-3-5-14(18)10-13/h3-11,17-18H,1-2H3. The van der Waals surface area contributed by atoms with E-state index in [0.29, 0.717) is 5.56 Å². The van der Waals surface area contributed by atoms with Crippen LogP contribution in [-0.2, 0) is 10.0 Å². The second-order valence-electron chi connectivity index (χ2n) is 5.20. The van der Waals surface area contributed by atoms with Crippen LogP contribution >= 0.6 is 0 Å². The number of benzene rings is 2. The summed E-state index contributed by atoms with van der Waals surface area (Å²) in [4.78, 5) is 11.9. The topological polar surface area (TPSA) is 83.5 Å². The third-order valence-electron chi connectivity index (χ3n) is 3.07. The molecule has 0 aliphatic rings. The van der Waals surface area contributed by atoms with Crippen LogP contribution < -0.4 is 4.72 Å². The van der Waals surface area contributed by atoms with Gasteiger partial charge in [-0.25, -0.2) is 8.42 Å². The second-order valence-corrected chi connectivity index (χ2v) is 6.88. The van der Waals surface area contributed by atoms with Gasteiger partial charge in [-0.05, 0) is 24.3 Å². The summed E-state index contributed by atoms with van der Waals surface area (Å²) < 4.78 is 26.9. The minimum absolute atomic E-state index is 0.0296. The number of phenols is 1. The van der Waals surface area contributed by atoms with Crippen molar-refractivity contribution >= 4 is 21.5 Å². The molecule has 0 aliphatic carbocycles. The fourth-order valence-electron chi connectivity index (χ4n) is 1.92. The first-order valence-electron chi connectivity index (χ1n) is 6.76. The monoisotopic (exact) mass is 319 g/mol. The number of carbonyl (C=O) groups is 1. The predicted molar refractivity (Wildman–Crippen MR) is 84.5 cm³/mol. The number of ketones is 1. The van der Waals surface area contributed by atoms with E-state index in [-0.39, 0.29) is 28.0 Å². The number of carbonyl (C=O) groups excluding carboxylic acids is 1. The highest BCUT2D eigenvalue weighted by Gasteiger charge is 2.16. The summed E-state index contributed by atoms with van der Waals surface area (Å²) in [6, 6.07) is 11.6. The molecule has 0 fully saturated rings. The first kappa shape index (κ1) is 16.0. The summed E-state index contributed by atoms with van der Waals surface area (Å²) in [5.41, 5.74) is 0.744. The number of rotatable bonds is 5. The second kappa shape index (κ2) is 6.19. The Kier molecular flexibility index (Phi) is 4.51. The van der Waals surface area contributed by atoms with E-state index in [1.807, 2.05) is 0 Å². The third kappa shape index (κ3) is 3.65. The maximum absolute atomic E-state index is 12.3. The predicted octanol–water partition coefficient (Wildman–Crippen LogP) is 3.03. The number of Topliss-reactive ketones (excluding diaryl/α,β-unsaturated/α-hetero) is 1. The van der Waals surface area contributed by atoms with E-state index in [0.717, 1.165) is 0 Å². The number of sulfonamides is 1. The average Bonchev–Trinajstić information content (AvgIpc) is 2.46. The molecule has 0 spiro atoms. The van der Waals surface area contributed by atoms with Crippen molar-refractivity contribution in [1.29, 1.82) is 0 Å². The zero-order chi connectivity index (χ0) is 16.3. The maximum atomic E-state index is 12.3. The molecule has 2 rings (SSSR count). The molecule has 0 saturated carbocycles. The Labute approximate surface area is 129 Å². The smallest absolute Gasteiger partial charge is 0.261 e. The molecule has 0 aliphatic heterocycles. The normalized spacial score (nSPS) is 11.4. The van der Waals surface area contributed by atoms with E-state index in [1.165, 1.54) is 48.5 Å². The molecule has 0 bridgehead atoms. The maximum Gasteiger partial charge on any atom is 0.261 e. The van der Waals surface area contributed by atoms with Gasteiger partial charge in [-0.3, -0.25) is 9.52 Å². The Morgan fingerprint density at radius 2 is 1.73 bits per heavy atom. The van der Waals surface area contributed by atoms with Gasteiger partial charge < -0.3 is 5.11 Å². The lowest BCUT2D eigenvalue weighted by Crippen LogP contribution is -2.13. The van der Waals surface area contributed by atoms with Gasteiger partial charge in [-0.15, -0.1) is 0 Å². The largest absolute Gasteiger partial charge is 0.508 e. The molecule has 22 heavy (non-hydrogen) atoms. The van der Waals surface area contributed by atoms with Gasteiger partial charge in [-0.1, -0.05) is 32.0 Å². The average molecular weight is 319 g/mol.